The van der Waals surface area contributed by atoms with E-state index in [1.807, 2.05) is 37.3 Å². The molecule has 1 atom stereocenters. The fourth-order valence-corrected chi connectivity index (χ4v) is 3.28. The third-order valence-electron chi connectivity index (χ3n) is 2.79. The maximum absolute atomic E-state index is 10.2. The van der Waals surface area contributed by atoms with E-state index in [9.17, 15) is 5.11 Å². The van der Waals surface area contributed by atoms with Gasteiger partial charge in [-0.3, -0.25) is 0 Å². The molecule has 2 nitrogen and oxygen atoms in total. The molecular weight excluding hydrogens is 312 g/mol. The molecule has 0 saturated heterocycles. The number of benzene rings is 1. The van der Waals surface area contributed by atoms with Crippen molar-refractivity contribution in [2.45, 2.75) is 19.4 Å². The summed E-state index contributed by atoms with van der Waals surface area (Å²) in [6, 6.07) is 9.79. The zero-order valence-corrected chi connectivity index (χ0v) is 12.7. The van der Waals surface area contributed by atoms with Crippen LogP contribution in [-0.4, -0.2) is 12.2 Å². The van der Waals surface area contributed by atoms with Gasteiger partial charge in [0.05, 0.1) is 13.2 Å². The first-order valence-corrected chi connectivity index (χ1v) is 7.28. The monoisotopic (exact) mass is 326 g/mol. The summed E-state index contributed by atoms with van der Waals surface area (Å²) in [6.07, 6.45) is 0.171. The number of aliphatic hydroxyl groups is 1. The summed E-state index contributed by atoms with van der Waals surface area (Å²) >= 11 is 5.10. The Labute approximate surface area is 119 Å². The van der Waals surface area contributed by atoms with Gasteiger partial charge in [-0.2, -0.15) is 0 Å². The Morgan fingerprint density at radius 3 is 2.50 bits per heavy atom. The minimum absolute atomic E-state index is 0.451. The topological polar surface area (TPSA) is 29.5 Å². The number of aliphatic hydroxyl groups excluding tert-OH is 1. The smallest absolute Gasteiger partial charge is 0.118 e. The Bertz CT molecular complexity index is 500. The molecule has 0 bridgehead atoms. The van der Waals surface area contributed by atoms with Crippen molar-refractivity contribution in [3.63, 3.8) is 0 Å². The minimum Gasteiger partial charge on any atom is -0.497 e. The van der Waals surface area contributed by atoms with Crippen LogP contribution in [0, 0.1) is 6.92 Å². The summed E-state index contributed by atoms with van der Waals surface area (Å²) in [5.74, 6) is 0.836. The highest BCUT2D eigenvalue weighted by atomic mass is 79.9. The van der Waals surface area contributed by atoms with Crippen molar-refractivity contribution in [2.75, 3.05) is 7.11 Å². The predicted octanol–water partition coefficient (Wildman–Crippen LogP) is 4.10. The van der Waals surface area contributed by atoms with Crippen LogP contribution in [0.1, 0.15) is 21.4 Å². The predicted molar refractivity (Wildman–Crippen MR) is 78.4 cm³/mol. The van der Waals surface area contributed by atoms with Gasteiger partial charge >= 0.3 is 0 Å². The van der Waals surface area contributed by atoms with Crippen molar-refractivity contribution in [1.82, 2.24) is 0 Å². The Kier molecular flexibility index (Phi) is 4.43. The molecular formula is C14H15BrO2S. The molecule has 0 amide bonds. The molecule has 18 heavy (non-hydrogen) atoms. The van der Waals surface area contributed by atoms with Crippen LogP contribution in [-0.2, 0) is 6.42 Å². The molecule has 0 aliphatic heterocycles. The van der Waals surface area contributed by atoms with E-state index in [1.54, 1.807) is 18.4 Å². The summed E-state index contributed by atoms with van der Waals surface area (Å²) in [6.45, 7) is 2.04. The highest BCUT2D eigenvalue weighted by Gasteiger charge is 2.13. The Hall–Kier alpha value is -0.840. The Morgan fingerprint density at radius 2 is 2.00 bits per heavy atom. The summed E-state index contributed by atoms with van der Waals surface area (Å²) in [5.41, 5.74) is 1.10. The standard InChI is InChI=1S/C14H15BrO2S/c1-9-12(15)8-14(18-9)13(16)7-10-3-5-11(17-2)6-4-10/h3-6,8,13,16H,7H2,1-2H3. The molecule has 0 saturated carbocycles. The second kappa shape index (κ2) is 5.87. The zero-order chi connectivity index (χ0) is 13.1. The van der Waals surface area contributed by atoms with Crippen molar-refractivity contribution in [1.29, 1.82) is 0 Å². The normalized spacial score (nSPS) is 12.4. The molecule has 0 spiro atoms. The number of hydrogen-bond acceptors (Lipinski definition) is 3. The van der Waals surface area contributed by atoms with Crippen LogP contribution in [0.15, 0.2) is 34.8 Å². The van der Waals surface area contributed by atoms with Crippen LogP contribution in [0.2, 0.25) is 0 Å². The number of rotatable bonds is 4. The van der Waals surface area contributed by atoms with Crippen LogP contribution in [0.3, 0.4) is 0 Å². The van der Waals surface area contributed by atoms with E-state index in [-0.39, 0.29) is 0 Å². The molecule has 4 heteroatoms. The van der Waals surface area contributed by atoms with Gasteiger partial charge in [0.15, 0.2) is 0 Å². The number of thiophene rings is 1. The minimum atomic E-state index is -0.451. The lowest BCUT2D eigenvalue weighted by molar-refractivity contribution is 0.182. The molecule has 0 aliphatic rings. The Balaban J connectivity index is 2.08. The molecule has 1 unspecified atom stereocenters. The second-order valence-electron chi connectivity index (χ2n) is 4.12. The van der Waals surface area contributed by atoms with E-state index in [4.69, 9.17) is 4.74 Å². The molecule has 0 aliphatic carbocycles. The van der Waals surface area contributed by atoms with Gasteiger partial charge in [0.25, 0.3) is 0 Å². The molecule has 0 radical (unpaired) electrons. The van der Waals surface area contributed by atoms with Crippen LogP contribution in [0.4, 0.5) is 0 Å². The van der Waals surface area contributed by atoms with Crippen LogP contribution in [0.25, 0.3) is 0 Å². The fraction of sp³-hybridized carbons (Fsp3) is 0.286. The van der Waals surface area contributed by atoms with Gasteiger partial charge in [-0.05, 0) is 46.6 Å². The van der Waals surface area contributed by atoms with E-state index in [0.717, 1.165) is 20.7 Å². The van der Waals surface area contributed by atoms with Crippen molar-refractivity contribution in [3.8, 4) is 5.75 Å². The molecule has 1 aromatic carbocycles. The Morgan fingerprint density at radius 1 is 1.33 bits per heavy atom. The van der Waals surface area contributed by atoms with E-state index >= 15 is 0 Å². The molecule has 1 N–H and O–H groups in total. The van der Waals surface area contributed by atoms with Crippen molar-refractivity contribution < 1.29 is 9.84 Å². The average Bonchev–Trinajstić information content (AvgIpc) is 2.71. The number of hydrogen-bond donors (Lipinski definition) is 1. The summed E-state index contributed by atoms with van der Waals surface area (Å²) < 4.78 is 6.18. The first-order valence-electron chi connectivity index (χ1n) is 5.67. The van der Waals surface area contributed by atoms with E-state index in [1.165, 1.54) is 4.88 Å². The highest BCUT2D eigenvalue weighted by molar-refractivity contribution is 9.10. The largest absolute Gasteiger partial charge is 0.497 e. The van der Waals surface area contributed by atoms with Gasteiger partial charge in [-0.25, -0.2) is 0 Å². The second-order valence-corrected chi connectivity index (χ2v) is 6.26. The van der Waals surface area contributed by atoms with E-state index in [0.29, 0.717) is 6.42 Å². The first-order chi connectivity index (χ1) is 8.60. The molecule has 0 fully saturated rings. The molecule has 2 aromatic rings. The van der Waals surface area contributed by atoms with Gasteiger partial charge in [-0.15, -0.1) is 11.3 Å². The average molecular weight is 327 g/mol. The SMILES string of the molecule is COc1ccc(CC(O)c2cc(Br)c(C)s2)cc1. The summed E-state index contributed by atoms with van der Waals surface area (Å²) in [7, 11) is 1.65. The number of halogens is 1. The zero-order valence-electron chi connectivity index (χ0n) is 10.3. The van der Waals surface area contributed by atoms with Crippen molar-refractivity contribution in [2.24, 2.45) is 0 Å². The van der Waals surface area contributed by atoms with Crippen molar-refractivity contribution in [3.05, 3.63) is 50.1 Å². The van der Waals surface area contributed by atoms with Crippen LogP contribution in [0.5, 0.6) is 5.75 Å². The lowest BCUT2D eigenvalue weighted by Gasteiger charge is -2.09. The third-order valence-corrected chi connectivity index (χ3v) is 5.03. The molecule has 1 aromatic heterocycles. The van der Waals surface area contributed by atoms with Gasteiger partial charge in [0.1, 0.15) is 5.75 Å². The maximum atomic E-state index is 10.2. The van der Waals surface area contributed by atoms with Gasteiger partial charge in [0, 0.05) is 20.6 Å². The fourth-order valence-electron chi connectivity index (χ4n) is 1.73. The first kappa shape index (κ1) is 13.6. The van der Waals surface area contributed by atoms with Gasteiger partial charge < -0.3 is 9.84 Å². The lowest BCUT2D eigenvalue weighted by Crippen LogP contribution is -1.99. The number of ether oxygens (including phenoxy) is 1. The number of methoxy groups -OCH3 is 1. The summed E-state index contributed by atoms with van der Waals surface area (Å²) in [4.78, 5) is 2.19. The van der Waals surface area contributed by atoms with Crippen LogP contribution >= 0.6 is 27.3 Å². The summed E-state index contributed by atoms with van der Waals surface area (Å²) in [5, 5.41) is 10.2. The van der Waals surface area contributed by atoms with Gasteiger partial charge in [0.2, 0.25) is 0 Å². The third kappa shape index (κ3) is 3.13. The quantitative estimate of drug-likeness (QED) is 0.916. The lowest BCUT2D eigenvalue weighted by atomic mass is 10.1. The van der Waals surface area contributed by atoms with E-state index in [2.05, 4.69) is 15.9 Å². The van der Waals surface area contributed by atoms with E-state index < -0.39 is 6.10 Å². The van der Waals surface area contributed by atoms with Crippen molar-refractivity contribution >= 4 is 27.3 Å². The molecule has 2 rings (SSSR count). The highest BCUT2D eigenvalue weighted by Crippen LogP contribution is 2.32. The van der Waals surface area contributed by atoms with Crippen LogP contribution < -0.4 is 4.74 Å². The molecule has 1 heterocycles. The maximum Gasteiger partial charge on any atom is 0.118 e. The number of aryl methyl sites for hydroxylation is 1. The molecule has 96 valence electrons. The van der Waals surface area contributed by atoms with Gasteiger partial charge in [-0.1, -0.05) is 12.1 Å².